The molecule has 26 heavy (non-hydrogen) atoms. The molecule has 1 N–H and O–H groups in total. The Morgan fingerprint density at radius 1 is 1.19 bits per heavy atom. The zero-order chi connectivity index (χ0) is 18.7. The Morgan fingerprint density at radius 2 is 1.92 bits per heavy atom. The van der Waals surface area contributed by atoms with Crippen molar-refractivity contribution in [2.45, 2.75) is 24.3 Å². The summed E-state index contributed by atoms with van der Waals surface area (Å²) >= 11 is 0. The lowest BCUT2D eigenvalue weighted by molar-refractivity contribution is 0.101. The number of methoxy groups -OCH3 is 1. The van der Waals surface area contributed by atoms with Gasteiger partial charge in [-0.2, -0.15) is 0 Å². The van der Waals surface area contributed by atoms with Crippen LogP contribution in [0, 0.1) is 0 Å². The maximum Gasteiger partial charge on any atom is 0.261 e. The number of ether oxygens (including phenoxy) is 1. The normalized spacial score (nSPS) is 17.3. The highest BCUT2D eigenvalue weighted by molar-refractivity contribution is 7.92. The molecule has 1 heterocycles. The summed E-state index contributed by atoms with van der Waals surface area (Å²) in [6, 6.07) is 13.3. The van der Waals surface area contributed by atoms with Gasteiger partial charge in [0.1, 0.15) is 0 Å². The molecule has 1 aliphatic rings. The molecule has 1 aliphatic heterocycles. The van der Waals surface area contributed by atoms with Crippen LogP contribution in [0.3, 0.4) is 0 Å². The van der Waals surface area contributed by atoms with E-state index >= 15 is 0 Å². The van der Waals surface area contributed by atoms with Crippen LogP contribution >= 0.6 is 0 Å². The molecule has 2 aromatic carbocycles. The summed E-state index contributed by atoms with van der Waals surface area (Å²) in [6.45, 7) is 3.16. The van der Waals surface area contributed by atoms with Gasteiger partial charge in [-0.05, 0) is 49.7 Å². The molecule has 7 heteroatoms. The van der Waals surface area contributed by atoms with Crippen LogP contribution < -0.4 is 9.62 Å². The third-order valence-corrected chi connectivity index (χ3v) is 5.89. The molecular formula is C19H22N2O4S. The molecule has 0 radical (unpaired) electrons. The Labute approximate surface area is 153 Å². The van der Waals surface area contributed by atoms with E-state index in [1.54, 1.807) is 31.4 Å². The Balaban J connectivity index is 1.74. The highest BCUT2D eigenvalue weighted by Crippen LogP contribution is 2.24. The predicted octanol–water partition coefficient (Wildman–Crippen LogP) is 2.92. The van der Waals surface area contributed by atoms with E-state index in [1.165, 1.54) is 19.1 Å². The van der Waals surface area contributed by atoms with Crippen LogP contribution in [-0.2, 0) is 14.8 Å². The van der Waals surface area contributed by atoms with Crippen molar-refractivity contribution in [3.05, 3.63) is 54.1 Å². The van der Waals surface area contributed by atoms with Crippen LogP contribution in [0.1, 0.15) is 23.7 Å². The average Bonchev–Trinajstić information content (AvgIpc) is 3.11. The Hall–Kier alpha value is -2.38. The van der Waals surface area contributed by atoms with Crippen LogP contribution in [0.15, 0.2) is 53.4 Å². The minimum absolute atomic E-state index is 0.0664. The van der Waals surface area contributed by atoms with Crippen molar-refractivity contribution < 1.29 is 17.9 Å². The van der Waals surface area contributed by atoms with Gasteiger partial charge in [0.15, 0.2) is 5.78 Å². The van der Waals surface area contributed by atoms with Gasteiger partial charge in [0, 0.05) is 37.1 Å². The molecule has 6 nitrogen and oxygen atoms in total. The van der Waals surface area contributed by atoms with Gasteiger partial charge in [0.05, 0.1) is 11.0 Å². The van der Waals surface area contributed by atoms with Crippen LogP contribution in [0.25, 0.3) is 0 Å². The standard InChI is InChI=1S/C19H22N2O4S/c1-14(22)15-4-3-5-19(12-15)26(23,24)20-16-6-8-17(9-7-16)21-11-10-18(13-21)25-2/h3-9,12,18,20H,10-11,13H2,1-2H3. The summed E-state index contributed by atoms with van der Waals surface area (Å²) in [4.78, 5) is 13.7. The maximum atomic E-state index is 12.6. The summed E-state index contributed by atoms with van der Waals surface area (Å²) in [5.41, 5.74) is 1.88. The molecule has 0 aliphatic carbocycles. The summed E-state index contributed by atoms with van der Waals surface area (Å²) < 4.78 is 33.0. The molecule has 138 valence electrons. The summed E-state index contributed by atoms with van der Waals surface area (Å²) in [7, 11) is -2.03. The lowest BCUT2D eigenvalue weighted by atomic mass is 10.2. The smallest absolute Gasteiger partial charge is 0.261 e. The monoisotopic (exact) mass is 374 g/mol. The number of ketones is 1. The van der Waals surface area contributed by atoms with E-state index < -0.39 is 10.0 Å². The van der Waals surface area contributed by atoms with Crippen molar-refractivity contribution in [3.8, 4) is 0 Å². The van der Waals surface area contributed by atoms with Crippen LogP contribution in [0.4, 0.5) is 11.4 Å². The highest BCUT2D eigenvalue weighted by Gasteiger charge is 2.22. The molecule has 0 saturated carbocycles. The average molecular weight is 374 g/mol. The zero-order valence-electron chi connectivity index (χ0n) is 14.8. The van der Waals surface area contributed by atoms with E-state index in [-0.39, 0.29) is 16.8 Å². The molecule has 0 spiro atoms. The Bertz CT molecular complexity index is 894. The first-order chi connectivity index (χ1) is 12.4. The number of anilines is 2. The second kappa shape index (κ2) is 7.47. The quantitative estimate of drug-likeness (QED) is 0.787. The maximum absolute atomic E-state index is 12.6. The van der Waals surface area contributed by atoms with Gasteiger partial charge in [-0.15, -0.1) is 0 Å². The lowest BCUT2D eigenvalue weighted by Crippen LogP contribution is -2.22. The molecule has 1 fully saturated rings. The van der Waals surface area contributed by atoms with Crippen LogP contribution in [0.5, 0.6) is 0 Å². The number of nitrogens with zero attached hydrogens (tertiary/aromatic N) is 1. The fourth-order valence-electron chi connectivity index (χ4n) is 2.99. The van der Waals surface area contributed by atoms with E-state index in [2.05, 4.69) is 9.62 Å². The first-order valence-electron chi connectivity index (χ1n) is 8.40. The van der Waals surface area contributed by atoms with Gasteiger partial charge >= 0.3 is 0 Å². The zero-order valence-corrected chi connectivity index (χ0v) is 15.6. The lowest BCUT2D eigenvalue weighted by Gasteiger charge is -2.19. The van der Waals surface area contributed by atoms with E-state index in [0.717, 1.165) is 25.2 Å². The number of hydrogen-bond donors (Lipinski definition) is 1. The van der Waals surface area contributed by atoms with Gasteiger partial charge in [-0.1, -0.05) is 12.1 Å². The van der Waals surface area contributed by atoms with Crippen molar-refractivity contribution >= 4 is 27.2 Å². The highest BCUT2D eigenvalue weighted by atomic mass is 32.2. The van der Waals surface area contributed by atoms with Gasteiger partial charge in [-0.25, -0.2) is 8.42 Å². The molecular weight excluding hydrogens is 352 g/mol. The fourth-order valence-corrected chi connectivity index (χ4v) is 4.10. The second-order valence-electron chi connectivity index (χ2n) is 6.33. The van der Waals surface area contributed by atoms with Crippen molar-refractivity contribution in [3.63, 3.8) is 0 Å². The summed E-state index contributed by atoms with van der Waals surface area (Å²) in [5.74, 6) is -0.175. The van der Waals surface area contributed by atoms with Crippen molar-refractivity contribution in [1.29, 1.82) is 0 Å². The number of carbonyl (C=O) groups is 1. The van der Waals surface area contributed by atoms with E-state index in [1.807, 2.05) is 12.1 Å². The molecule has 0 aromatic heterocycles. The largest absolute Gasteiger partial charge is 0.380 e. The molecule has 1 saturated heterocycles. The van der Waals surface area contributed by atoms with Gasteiger partial charge in [-0.3, -0.25) is 9.52 Å². The minimum Gasteiger partial charge on any atom is -0.380 e. The number of carbonyl (C=O) groups excluding carboxylic acids is 1. The van der Waals surface area contributed by atoms with Crippen molar-refractivity contribution in [1.82, 2.24) is 0 Å². The first kappa shape index (κ1) is 18.4. The fraction of sp³-hybridized carbons (Fsp3) is 0.316. The molecule has 1 unspecified atom stereocenters. The second-order valence-corrected chi connectivity index (χ2v) is 8.01. The molecule has 3 rings (SSSR count). The number of hydrogen-bond acceptors (Lipinski definition) is 5. The summed E-state index contributed by atoms with van der Waals surface area (Å²) in [5, 5.41) is 0. The SMILES string of the molecule is COC1CCN(c2ccc(NS(=O)(=O)c3cccc(C(C)=O)c3)cc2)C1. The third-order valence-electron chi connectivity index (χ3n) is 4.51. The Morgan fingerprint density at radius 3 is 2.54 bits per heavy atom. The summed E-state index contributed by atoms with van der Waals surface area (Å²) in [6.07, 6.45) is 1.22. The first-order valence-corrected chi connectivity index (χ1v) is 9.89. The number of rotatable bonds is 6. The van der Waals surface area contributed by atoms with Crippen molar-refractivity contribution in [2.24, 2.45) is 0 Å². The van der Waals surface area contributed by atoms with Crippen LogP contribution in [0.2, 0.25) is 0 Å². The molecule has 0 bridgehead atoms. The molecule has 1 atom stereocenters. The molecule has 2 aromatic rings. The number of nitrogens with one attached hydrogen (secondary N) is 1. The predicted molar refractivity (Wildman–Crippen MR) is 101 cm³/mol. The minimum atomic E-state index is -3.75. The molecule has 0 amide bonds. The van der Waals surface area contributed by atoms with Crippen molar-refractivity contribution in [2.75, 3.05) is 29.8 Å². The van der Waals surface area contributed by atoms with Gasteiger partial charge in [0.2, 0.25) is 0 Å². The third kappa shape index (κ3) is 4.05. The van der Waals surface area contributed by atoms with Gasteiger partial charge < -0.3 is 9.64 Å². The number of sulfonamides is 1. The van der Waals surface area contributed by atoms with E-state index in [9.17, 15) is 13.2 Å². The van der Waals surface area contributed by atoms with Crippen LogP contribution in [-0.4, -0.2) is 40.5 Å². The Kier molecular flexibility index (Phi) is 5.29. The van der Waals surface area contributed by atoms with Gasteiger partial charge in [0.25, 0.3) is 10.0 Å². The number of Topliss-reactive ketones (excluding diaryl/α,β-unsaturated/α-hetero) is 1. The topological polar surface area (TPSA) is 75.7 Å². The van der Waals surface area contributed by atoms with E-state index in [4.69, 9.17) is 4.74 Å². The number of benzene rings is 2. The van der Waals surface area contributed by atoms with E-state index in [0.29, 0.717) is 11.3 Å².